The number of hydrogen-bond acceptors (Lipinski definition) is 7. The van der Waals surface area contributed by atoms with Crippen molar-refractivity contribution in [1.82, 2.24) is 5.32 Å². The second kappa shape index (κ2) is 8.89. The van der Waals surface area contributed by atoms with Gasteiger partial charge in [-0.25, -0.2) is 0 Å². The minimum atomic E-state index is -0.787. The van der Waals surface area contributed by atoms with Gasteiger partial charge in [-0.15, -0.1) is 0 Å². The number of anilines is 1. The van der Waals surface area contributed by atoms with Gasteiger partial charge < -0.3 is 14.8 Å². The number of esters is 1. The van der Waals surface area contributed by atoms with E-state index in [1.54, 1.807) is 0 Å². The van der Waals surface area contributed by atoms with Crippen LogP contribution in [-0.4, -0.2) is 48.5 Å². The summed E-state index contributed by atoms with van der Waals surface area (Å²) >= 11 is 0. The van der Waals surface area contributed by atoms with Crippen LogP contribution in [-0.2, 0) is 19.1 Å². The molecule has 0 spiro atoms. The van der Waals surface area contributed by atoms with Gasteiger partial charge in [-0.2, -0.15) is 0 Å². The molecule has 0 aromatic heterocycles. The van der Waals surface area contributed by atoms with E-state index in [1.807, 2.05) is 0 Å². The summed E-state index contributed by atoms with van der Waals surface area (Å²) in [6.07, 6.45) is 4.16. The summed E-state index contributed by atoms with van der Waals surface area (Å²) in [4.78, 5) is 47.8. The molecule has 1 N–H and O–H groups in total. The third kappa shape index (κ3) is 5.01. The highest BCUT2D eigenvalue weighted by atomic mass is 16.6. The number of non-ortho nitro benzene ring substituents is 1. The molecule has 10 nitrogen and oxygen atoms in total. The molecule has 2 atom stereocenters. The fourth-order valence-corrected chi connectivity index (χ4v) is 3.58. The van der Waals surface area contributed by atoms with Crippen molar-refractivity contribution >= 4 is 29.2 Å². The van der Waals surface area contributed by atoms with E-state index in [2.05, 4.69) is 12.2 Å². The van der Waals surface area contributed by atoms with Crippen molar-refractivity contribution in [3.8, 4) is 5.75 Å². The van der Waals surface area contributed by atoms with Crippen LogP contribution < -0.4 is 15.0 Å². The quantitative estimate of drug-likeness (QED) is 0.432. The lowest BCUT2D eigenvalue weighted by Gasteiger charge is -2.29. The SMILES string of the molecule is C[C@H]1CCCC[C@H]1NC(=O)COC(=O)CN1C(=O)COc2ccc([N+](=O)[O-])cc21. The average molecular weight is 405 g/mol. The summed E-state index contributed by atoms with van der Waals surface area (Å²) in [5.74, 6) is -1.07. The molecule has 10 heteroatoms. The van der Waals surface area contributed by atoms with Crippen LogP contribution >= 0.6 is 0 Å². The van der Waals surface area contributed by atoms with E-state index in [0.29, 0.717) is 5.92 Å². The summed E-state index contributed by atoms with van der Waals surface area (Å²) in [5.41, 5.74) is -0.116. The van der Waals surface area contributed by atoms with Crippen molar-refractivity contribution in [3.05, 3.63) is 28.3 Å². The number of nitro groups is 1. The average Bonchev–Trinajstić information content (AvgIpc) is 2.70. The second-order valence-corrected chi connectivity index (χ2v) is 7.27. The van der Waals surface area contributed by atoms with E-state index in [-0.39, 0.29) is 35.7 Å². The van der Waals surface area contributed by atoms with E-state index < -0.39 is 30.0 Å². The molecule has 1 aromatic rings. The summed E-state index contributed by atoms with van der Waals surface area (Å²) in [5, 5.41) is 13.9. The van der Waals surface area contributed by atoms with Gasteiger partial charge in [-0.3, -0.25) is 29.4 Å². The molecular weight excluding hydrogens is 382 g/mol. The van der Waals surface area contributed by atoms with Crippen molar-refractivity contribution in [2.75, 3.05) is 24.7 Å². The molecule has 1 aromatic carbocycles. The number of amides is 2. The number of benzene rings is 1. The van der Waals surface area contributed by atoms with Crippen LogP contribution in [0.3, 0.4) is 0 Å². The molecule has 0 saturated heterocycles. The Hall–Kier alpha value is -3.17. The van der Waals surface area contributed by atoms with Crippen LogP contribution in [0.25, 0.3) is 0 Å². The number of nitrogens with one attached hydrogen (secondary N) is 1. The maximum absolute atomic E-state index is 12.2. The van der Waals surface area contributed by atoms with Gasteiger partial charge in [0, 0.05) is 18.2 Å². The van der Waals surface area contributed by atoms with Crippen molar-refractivity contribution in [2.24, 2.45) is 5.92 Å². The molecule has 3 rings (SSSR count). The Morgan fingerprint density at radius 1 is 1.34 bits per heavy atom. The molecule has 0 radical (unpaired) electrons. The Kier molecular flexibility index (Phi) is 6.30. The van der Waals surface area contributed by atoms with Gasteiger partial charge in [0.15, 0.2) is 13.2 Å². The minimum absolute atomic E-state index is 0.0724. The van der Waals surface area contributed by atoms with Gasteiger partial charge in [-0.05, 0) is 24.8 Å². The first kappa shape index (κ1) is 20.6. The molecule has 2 amide bonds. The number of nitrogens with zero attached hydrogens (tertiary/aromatic N) is 2. The molecule has 0 bridgehead atoms. The lowest BCUT2D eigenvalue weighted by atomic mass is 9.86. The highest BCUT2D eigenvalue weighted by Crippen LogP contribution is 2.35. The Balaban J connectivity index is 1.57. The molecule has 1 heterocycles. The monoisotopic (exact) mass is 405 g/mol. The van der Waals surface area contributed by atoms with E-state index in [4.69, 9.17) is 9.47 Å². The zero-order valence-electron chi connectivity index (χ0n) is 16.1. The first-order chi connectivity index (χ1) is 13.8. The van der Waals surface area contributed by atoms with E-state index >= 15 is 0 Å². The minimum Gasteiger partial charge on any atom is -0.482 e. The van der Waals surface area contributed by atoms with Crippen LogP contribution in [0, 0.1) is 16.0 Å². The van der Waals surface area contributed by atoms with Crippen LogP contribution in [0.2, 0.25) is 0 Å². The molecule has 1 saturated carbocycles. The summed E-state index contributed by atoms with van der Waals surface area (Å²) in [6, 6.07) is 3.86. The molecular formula is C19H23N3O7. The van der Waals surface area contributed by atoms with Crippen LogP contribution in [0.1, 0.15) is 32.6 Å². The normalized spacial score (nSPS) is 21.0. The van der Waals surface area contributed by atoms with Crippen molar-refractivity contribution < 1.29 is 28.8 Å². The Bertz CT molecular complexity index is 826. The summed E-state index contributed by atoms with van der Waals surface area (Å²) in [6.45, 7) is 0.876. The molecule has 1 aliphatic carbocycles. The molecule has 156 valence electrons. The van der Waals surface area contributed by atoms with Gasteiger partial charge in [0.2, 0.25) is 0 Å². The maximum atomic E-state index is 12.2. The number of fused-ring (bicyclic) bond motifs is 1. The van der Waals surface area contributed by atoms with E-state index in [9.17, 15) is 24.5 Å². The zero-order chi connectivity index (χ0) is 21.0. The Labute approximate surface area is 167 Å². The number of nitro benzene ring substituents is 1. The van der Waals surface area contributed by atoms with Gasteiger partial charge in [-0.1, -0.05) is 19.8 Å². The lowest BCUT2D eigenvalue weighted by molar-refractivity contribution is -0.384. The second-order valence-electron chi connectivity index (χ2n) is 7.27. The van der Waals surface area contributed by atoms with Crippen LogP contribution in [0.5, 0.6) is 5.75 Å². The summed E-state index contributed by atoms with van der Waals surface area (Å²) < 4.78 is 10.2. The topological polar surface area (TPSA) is 128 Å². The van der Waals surface area contributed by atoms with Crippen molar-refractivity contribution in [2.45, 2.75) is 38.6 Å². The molecule has 29 heavy (non-hydrogen) atoms. The van der Waals surface area contributed by atoms with Crippen LogP contribution in [0.4, 0.5) is 11.4 Å². The Morgan fingerprint density at radius 2 is 2.10 bits per heavy atom. The standard InChI is InChI=1S/C19H23N3O7/c1-12-4-2-3-5-14(12)20-17(23)10-29-19(25)9-21-15-8-13(22(26)27)6-7-16(15)28-11-18(21)24/h6-8,12,14H,2-5,9-11H2,1H3,(H,20,23)/t12-,14+/m0/s1. The largest absolute Gasteiger partial charge is 0.482 e. The number of hydrogen-bond donors (Lipinski definition) is 1. The van der Waals surface area contributed by atoms with E-state index in [1.165, 1.54) is 12.1 Å². The predicted octanol–water partition coefficient (Wildman–Crippen LogP) is 1.56. The van der Waals surface area contributed by atoms with Crippen LogP contribution in [0.15, 0.2) is 18.2 Å². The first-order valence-electron chi connectivity index (χ1n) is 9.51. The first-order valence-corrected chi connectivity index (χ1v) is 9.51. The van der Waals surface area contributed by atoms with Gasteiger partial charge in [0.25, 0.3) is 17.5 Å². The Morgan fingerprint density at radius 3 is 2.83 bits per heavy atom. The highest BCUT2D eigenvalue weighted by molar-refractivity contribution is 6.01. The number of carbonyl (C=O) groups is 3. The molecule has 1 fully saturated rings. The number of rotatable bonds is 6. The van der Waals surface area contributed by atoms with Crippen molar-refractivity contribution in [1.29, 1.82) is 0 Å². The fraction of sp³-hybridized carbons (Fsp3) is 0.526. The van der Waals surface area contributed by atoms with Gasteiger partial charge in [0.05, 0.1) is 10.6 Å². The van der Waals surface area contributed by atoms with Gasteiger partial charge >= 0.3 is 5.97 Å². The third-order valence-electron chi connectivity index (χ3n) is 5.21. The fourth-order valence-electron chi connectivity index (χ4n) is 3.58. The number of carbonyl (C=O) groups excluding carboxylic acids is 3. The third-order valence-corrected chi connectivity index (χ3v) is 5.21. The zero-order valence-corrected chi connectivity index (χ0v) is 16.1. The predicted molar refractivity (Wildman–Crippen MR) is 101 cm³/mol. The molecule has 2 aliphatic rings. The highest BCUT2D eigenvalue weighted by Gasteiger charge is 2.30. The summed E-state index contributed by atoms with van der Waals surface area (Å²) in [7, 11) is 0. The van der Waals surface area contributed by atoms with Gasteiger partial charge in [0.1, 0.15) is 12.3 Å². The number of ether oxygens (including phenoxy) is 2. The van der Waals surface area contributed by atoms with Crippen molar-refractivity contribution in [3.63, 3.8) is 0 Å². The van der Waals surface area contributed by atoms with E-state index in [0.717, 1.165) is 36.6 Å². The molecule has 1 aliphatic heterocycles. The lowest BCUT2D eigenvalue weighted by Crippen LogP contribution is -2.44. The molecule has 0 unspecified atom stereocenters. The smallest absolute Gasteiger partial charge is 0.326 e. The maximum Gasteiger partial charge on any atom is 0.326 e.